The highest BCUT2D eigenvalue weighted by Gasteiger charge is 2.27. The van der Waals surface area contributed by atoms with E-state index in [1.165, 1.54) is 0 Å². The Hall–Kier alpha value is -3.82. The van der Waals surface area contributed by atoms with E-state index in [0.717, 1.165) is 35.7 Å². The van der Waals surface area contributed by atoms with Crippen LogP contribution in [-0.4, -0.2) is 83.8 Å². The van der Waals surface area contributed by atoms with Crippen molar-refractivity contribution in [2.45, 2.75) is 44.2 Å². The molecule has 214 valence electrons. The van der Waals surface area contributed by atoms with Gasteiger partial charge in [0.15, 0.2) is 5.82 Å². The highest BCUT2D eigenvalue weighted by Crippen LogP contribution is 2.41. The van der Waals surface area contributed by atoms with Crippen molar-refractivity contribution < 1.29 is 19.3 Å². The number of phenols is 1. The zero-order chi connectivity index (χ0) is 28.5. The van der Waals surface area contributed by atoms with Crippen LogP contribution in [-0.2, 0) is 6.42 Å². The summed E-state index contributed by atoms with van der Waals surface area (Å²) in [6.45, 7) is 2.65. The lowest BCUT2D eigenvalue weighted by Gasteiger charge is -2.31. The molecule has 0 bridgehead atoms. The van der Waals surface area contributed by atoms with Crippen LogP contribution in [0.15, 0.2) is 47.5 Å². The molecule has 1 atom stereocenters. The molecule has 2 aliphatic rings. The third kappa shape index (κ3) is 5.44. The molecule has 0 radical (unpaired) electrons. The standard InChI is InChI=1S/C32H36FN5O3/c1-34-12-9-21-17-27-30(29(33)28(21)26-18-24(40)16-20-6-3-4-8-25(20)26)35-32(41-19-22-7-5-13-37(22)2)36-31(27)38-14-10-23(39)11-15-38/h3-4,6,8,12,16-18,22-23,39-40H,5,7,9-11,13-15,19H2,1-2H3/b34-12+/t22-/m0/s1. The van der Waals surface area contributed by atoms with Gasteiger partial charge >= 0.3 is 6.01 Å². The molecule has 0 spiro atoms. The second-order valence-corrected chi connectivity index (χ2v) is 11.1. The van der Waals surface area contributed by atoms with E-state index in [2.05, 4.69) is 26.8 Å². The first kappa shape index (κ1) is 27.4. The van der Waals surface area contributed by atoms with Gasteiger partial charge in [0, 0.05) is 49.8 Å². The van der Waals surface area contributed by atoms with Gasteiger partial charge in [-0.2, -0.15) is 9.97 Å². The van der Waals surface area contributed by atoms with Gasteiger partial charge in [0.25, 0.3) is 0 Å². The Bertz CT molecular complexity index is 1600. The smallest absolute Gasteiger partial charge is 0.319 e. The van der Waals surface area contributed by atoms with Gasteiger partial charge in [-0.1, -0.05) is 24.3 Å². The van der Waals surface area contributed by atoms with Crippen molar-refractivity contribution in [1.82, 2.24) is 14.9 Å². The number of aliphatic hydroxyl groups excluding tert-OH is 1. The number of piperidine rings is 1. The Morgan fingerprint density at radius 3 is 2.63 bits per heavy atom. The van der Waals surface area contributed by atoms with Gasteiger partial charge < -0.3 is 29.7 Å². The fraction of sp³-hybridized carbons (Fsp3) is 0.406. The third-order valence-corrected chi connectivity index (χ3v) is 8.42. The molecule has 2 aliphatic heterocycles. The fourth-order valence-electron chi connectivity index (χ4n) is 6.13. The molecule has 1 aromatic heterocycles. The Kier molecular flexibility index (Phi) is 7.73. The summed E-state index contributed by atoms with van der Waals surface area (Å²) in [5, 5.41) is 23.0. The first-order valence-electron chi connectivity index (χ1n) is 14.3. The molecule has 0 saturated carbocycles. The highest BCUT2D eigenvalue weighted by molar-refractivity contribution is 6.03. The van der Waals surface area contributed by atoms with E-state index in [-0.39, 0.29) is 29.4 Å². The number of ether oxygens (including phenoxy) is 1. The van der Waals surface area contributed by atoms with Gasteiger partial charge in [-0.25, -0.2) is 4.39 Å². The molecular weight excluding hydrogens is 521 g/mol. The molecule has 0 aliphatic carbocycles. The maximum absolute atomic E-state index is 17.0. The number of anilines is 1. The number of rotatable bonds is 7. The molecule has 2 saturated heterocycles. The summed E-state index contributed by atoms with van der Waals surface area (Å²) < 4.78 is 23.1. The van der Waals surface area contributed by atoms with Crippen molar-refractivity contribution >= 4 is 33.7 Å². The maximum atomic E-state index is 17.0. The first-order chi connectivity index (χ1) is 19.9. The van der Waals surface area contributed by atoms with Gasteiger partial charge in [0.1, 0.15) is 23.7 Å². The van der Waals surface area contributed by atoms with Crippen LogP contribution in [0.3, 0.4) is 0 Å². The van der Waals surface area contributed by atoms with Crippen molar-refractivity contribution in [3.63, 3.8) is 0 Å². The number of benzene rings is 3. The van der Waals surface area contributed by atoms with Crippen molar-refractivity contribution in [2.24, 2.45) is 4.99 Å². The molecule has 2 N–H and O–H groups in total. The summed E-state index contributed by atoms with van der Waals surface area (Å²) in [4.78, 5) is 18.0. The Morgan fingerprint density at radius 1 is 1.07 bits per heavy atom. The van der Waals surface area contributed by atoms with Crippen LogP contribution in [0.1, 0.15) is 31.2 Å². The quantitative estimate of drug-likeness (QED) is 0.310. The van der Waals surface area contributed by atoms with Gasteiger partial charge in [-0.15, -0.1) is 0 Å². The molecule has 6 rings (SSSR count). The average molecular weight is 558 g/mol. The molecule has 8 nitrogen and oxygen atoms in total. The number of phenolic OH excluding ortho intramolecular Hbond substituents is 1. The summed E-state index contributed by atoms with van der Waals surface area (Å²) in [5.41, 5.74) is 1.87. The Morgan fingerprint density at radius 2 is 1.88 bits per heavy atom. The number of fused-ring (bicyclic) bond motifs is 2. The zero-order valence-corrected chi connectivity index (χ0v) is 23.6. The number of aromatic nitrogens is 2. The minimum atomic E-state index is -0.485. The summed E-state index contributed by atoms with van der Waals surface area (Å²) in [5.74, 6) is 0.187. The van der Waals surface area contributed by atoms with Gasteiger partial charge in [-0.05, 0) is 79.4 Å². The van der Waals surface area contributed by atoms with Crippen LogP contribution in [0.4, 0.5) is 10.2 Å². The predicted molar refractivity (Wildman–Crippen MR) is 161 cm³/mol. The molecular formula is C32H36FN5O3. The lowest BCUT2D eigenvalue weighted by Crippen LogP contribution is -2.36. The number of aromatic hydroxyl groups is 1. The average Bonchev–Trinajstić information content (AvgIpc) is 3.39. The number of nitrogens with zero attached hydrogens (tertiary/aromatic N) is 5. The van der Waals surface area contributed by atoms with E-state index in [4.69, 9.17) is 9.72 Å². The van der Waals surface area contributed by atoms with Gasteiger partial charge in [0.2, 0.25) is 0 Å². The topological polar surface area (TPSA) is 94.3 Å². The van der Waals surface area contributed by atoms with E-state index < -0.39 is 5.82 Å². The molecule has 3 aromatic carbocycles. The summed E-state index contributed by atoms with van der Waals surface area (Å²) >= 11 is 0. The fourth-order valence-corrected chi connectivity index (χ4v) is 6.13. The van der Waals surface area contributed by atoms with Crippen LogP contribution in [0.5, 0.6) is 11.8 Å². The number of aliphatic imine (C=N–C) groups is 1. The van der Waals surface area contributed by atoms with E-state index >= 15 is 4.39 Å². The first-order valence-corrected chi connectivity index (χ1v) is 14.3. The van der Waals surface area contributed by atoms with Gasteiger partial charge in [-0.3, -0.25) is 0 Å². The van der Waals surface area contributed by atoms with E-state index in [1.807, 2.05) is 30.3 Å². The normalized spacial score (nSPS) is 18.7. The van der Waals surface area contributed by atoms with Crippen molar-refractivity contribution in [2.75, 3.05) is 45.2 Å². The number of likely N-dealkylation sites (tertiary alicyclic amines) is 1. The van der Waals surface area contributed by atoms with Crippen LogP contribution in [0.25, 0.3) is 32.8 Å². The minimum absolute atomic E-state index is 0.0632. The van der Waals surface area contributed by atoms with Crippen LogP contribution in [0.2, 0.25) is 0 Å². The van der Waals surface area contributed by atoms with Crippen molar-refractivity contribution in [3.8, 4) is 22.9 Å². The predicted octanol–water partition coefficient (Wildman–Crippen LogP) is 4.97. The van der Waals surface area contributed by atoms with Crippen LogP contribution in [0, 0.1) is 5.82 Å². The molecule has 41 heavy (non-hydrogen) atoms. The van der Waals surface area contributed by atoms with Crippen molar-refractivity contribution in [1.29, 1.82) is 0 Å². The molecule has 0 amide bonds. The SMILES string of the molecule is C/N=C/Cc1cc2c(N3CCC(O)CC3)nc(OC[C@@H]3CCCN3C)nc2c(F)c1-c1cc(O)cc2ccccc12. The second-order valence-electron chi connectivity index (χ2n) is 11.1. The third-order valence-electron chi connectivity index (χ3n) is 8.42. The summed E-state index contributed by atoms with van der Waals surface area (Å²) in [6, 6.07) is 13.3. The van der Waals surface area contributed by atoms with Crippen LogP contribution >= 0.6 is 0 Å². The highest BCUT2D eigenvalue weighted by atomic mass is 19.1. The molecule has 3 heterocycles. The summed E-state index contributed by atoms with van der Waals surface area (Å²) in [6.07, 6.45) is 5.16. The lowest BCUT2D eigenvalue weighted by molar-refractivity contribution is 0.145. The van der Waals surface area contributed by atoms with Crippen molar-refractivity contribution in [3.05, 3.63) is 53.8 Å². The number of aliphatic hydroxyl groups is 1. The zero-order valence-electron chi connectivity index (χ0n) is 23.6. The van der Waals surface area contributed by atoms with E-state index in [1.54, 1.807) is 25.4 Å². The number of hydrogen-bond acceptors (Lipinski definition) is 8. The molecule has 4 aromatic rings. The largest absolute Gasteiger partial charge is 0.508 e. The molecule has 2 fully saturated rings. The lowest BCUT2D eigenvalue weighted by atomic mass is 9.91. The Balaban J connectivity index is 1.56. The molecule has 9 heteroatoms. The van der Waals surface area contributed by atoms with Gasteiger partial charge in [0.05, 0.1) is 6.10 Å². The minimum Gasteiger partial charge on any atom is -0.508 e. The van der Waals surface area contributed by atoms with Crippen LogP contribution < -0.4 is 9.64 Å². The second kappa shape index (κ2) is 11.6. The summed E-state index contributed by atoms with van der Waals surface area (Å²) in [7, 11) is 3.78. The number of hydrogen-bond donors (Lipinski definition) is 2. The molecule has 0 unspecified atom stereocenters. The maximum Gasteiger partial charge on any atom is 0.319 e. The van der Waals surface area contributed by atoms with E-state index in [9.17, 15) is 10.2 Å². The number of halogens is 1. The van der Waals surface area contributed by atoms with E-state index in [0.29, 0.717) is 61.3 Å². The Labute approximate surface area is 239 Å². The monoisotopic (exact) mass is 557 g/mol. The number of likely N-dealkylation sites (N-methyl/N-ethyl adjacent to an activating group) is 1.